The second-order valence-corrected chi connectivity index (χ2v) is 5.42. The molecule has 0 bridgehead atoms. The minimum absolute atomic E-state index is 0.0774. The van der Waals surface area contributed by atoms with Gasteiger partial charge in [0.2, 0.25) is 0 Å². The van der Waals surface area contributed by atoms with Crippen LogP contribution in [0.15, 0.2) is 46.9 Å². The molecular weight excluding hydrogens is 339 g/mol. The van der Waals surface area contributed by atoms with E-state index >= 15 is 0 Å². The smallest absolute Gasteiger partial charge is 0.323 e. The lowest BCUT2D eigenvalue weighted by Gasteiger charge is -2.11. The molecule has 2 rings (SSSR count). The summed E-state index contributed by atoms with van der Waals surface area (Å²) in [6.07, 6.45) is -0.627. The Kier molecular flexibility index (Phi) is 4.93. The van der Waals surface area contributed by atoms with E-state index in [-0.39, 0.29) is 5.69 Å². The van der Waals surface area contributed by atoms with Crippen molar-refractivity contribution in [2.24, 2.45) is 0 Å². The molecular formula is C15H14BrFN2O2. The lowest BCUT2D eigenvalue weighted by atomic mass is 10.1. The average molecular weight is 353 g/mol. The third-order valence-electron chi connectivity index (χ3n) is 2.80. The van der Waals surface area contributed by atoms with Crippen LogP contribution in [0.2, 0.25) is 0 Å². The predicted octanol–water partition coefficient (Wildman–Crippen LogP) is 4.29. The summed E-state index contributed by atoms with van der Waals surface area (Å²) in [5.41, 5.74) is 1.27. The number of hydrogen-bond donors (Lipinski definition) is 3. The van der Waals surface area contributed by atoms with E-state index in [1.807, 2.05) is 0 Å². The maximum Gasteiger partial charge on any atom is 0.323 e. The van der Waals surface area contributed by atoms with E-state index in [9.17, 15) is 14.3 Å². The molecule has 1 unspecified atom stereocenters. The number of aliphatic hydroxyl groups excluding tert-OH is 1. The monoisotopic (exact) mass is 352 g/mol. The van der Waals surface area contributed by atoms with E-state index < -0.39 is 18.0 Å². The Balaban J connectivity index is 2.08. The predicted molar refractivity (Wildman–Crippen MR) is 83.8 cm³/mol. The van der Waals surface area contributed by atoms with E-state index in [0.29, 0.717) is 15.7 Å². The van der Waals surface area contributed by atoms with Crippen molar-refractivity contribution in [3.63, 3.8) is 0 Å². The maximum absolute atomic E-state index is 13.5. The number of halogens is 2. The van der Waals surface area contributed by atoms with Gasteiger partial charge >= 0.3 is 6.03 Å². The first-order chi connectivity index (χ1) is 9.95. The van der Waals surface area contributed by atoms with Gasteiger partial charge in [-0.2, -0.15) is 0 Å². The number of aliphatic hydroxyl groups is 1. The Hall–Kier alpha value is -1.92. The highest BCUT2D eigenvalue weighted by Gasteiger charge is 2.08. The van der Waals surface area contributed by atoms with Crippen LogP contribution in [0.4, 0.5) is 20.6 Å². The molecule has 0 saturated carbocycles. The third-order valence-corrected chi connectivity index (χ3v) is 3.30. The number of carbonyl (C=O) groups is 1. The summed E-state index contributed by atoms with van der Waals surface area (Å²) in [7, 11) is 0. The summed E-state index contributed by atoms with van der Waals surface area (Å²) < 4.78 is 14.2. The zero-order chi connectivity index (χ0) is 15.4. The van der Waals surface area contributed by atoms with Crippen molar-refractivity contribution >= 4 is 33.3 Å². The second-order valence-electron chi connectivity index (χ2n) is 4.50. The van der Waals surface area contributed by atoms with E-state index in [1.54, 1.807) is 37.3 Å². The van der Waals surface area contributed by atoms with Crippen molar-refractivity contribution < 1.29 is 14.3 Å². The van der Waals surface area contributed by atoms with Gasteiger partial charge in [0, 0.05) is 10.2 Å². The first-order valence-electron chi connectivity index (χ1n) is 6.27. The highest BCUT2D eigenvalue weighted by molar-refractivity contribution is 9.10. The van der Waals surface area contributed by atoms with Crippen molar-refractivity contribution in [2.75, 3.05) is 10.6 Å². The third kappa shape index (κ3) is 4.27. The van der Waals surface area contributed by atoms with Gasteiger partial charge in [-0.1, -0.05) is 28.1 Å². The topological polar surface area (TPSA) is 61.4 Å². The van der Waals surface area contributed by atoms with E-state index in [4.69, 9.17) is 0 Å². The highest BCUT2D eigenvalue weighted by Crippen LogP contribution is 2.21. The molecule has 21 heavy (non-hydrogen) atoms. The number of rotatable bonds is 3. The van der Waals surface area contributed by atoms with Gasteiger partial charge in [-0.25, -0.2) is 9.18 Å². The van der Waals surface area contributed by atoms with Crippen LogP contribution >= 0.6 is 15.9 Å². The normalized spacial score (nSPS) is 11.8. The molecule has 0 aromatic heterocycles. The van der Waals surface area contributed by atoms with Gasteiger partial charge in [0.25, 0.3) is 0 Å². The van der Waals surface area contributed by atoms with Crippen LogP contribution in [0.25, 0.3) is 0 Å². The molecule has 110 valence electrons. The Morgan fingerprint density at radius 2 is 2.00 bits per heavy atom. The molecule has 3 N–H and O–H groups in total. The van der Waals surface area contributed by atoms with Crippen LogP contribution in [-0.4, -0.2) is 11.1 Å². The summed E-state index contributed by atoms with van der Waals surface area (Å²) in [5.74, 6) is -0.522. The standard InChI is InChI=1S/C15H14BrFN2O2/c1-9(20)10-3-2-4-12(7-10)18-15(21)19-14-8-11(16)5-6-13(14)17/h2-9,20H,1H3,(H2,18,19,21). The van der Waals surface area contributed by atoms with Crippen molar-refractivity contribution in [1.82, 2.24) is 0 Å². The molecule has 2 amide bonds. The molecule has 0 aliphatic rings. The fourth-order valence-corrected chi connectivity index (χ4v) is 2.12. The number of carbonyl (C=O) groups excluding carboxylic acids is 1. The van der Waals surface area contributed by atoms with Crippen LogP contribution in [0.3, 0.4) is 0 Å². The minimum Gasteiger partial charge on any atom is -0.389 e. The quantitative estimate of drug-likeness (QED) is 0.771. The van der Waals surface area contributed by atoms with Crippen molar-refractivity contribution in [3.05, 3.63) is 58.3 Å². The Bertz CT molecular complexity index is 662. The van der Waals surface area contributed by atoms with Crippen LogP contribution in [0.1, 0.15) is 18.6 Å². The zero-order valence-electron chi connectivity index (χ0n) is 11.2. The number of anilines is 2. The fourth-order valence-electron chi connectivity index (χ4n) is 1.75. The summed E-state index contributed by atoms with van der Waals surface area (Å²) in [4.78, 5) is 11.9. The van der Waals surface area contributed by atoms with Gasteiger partial charge in [-0.3, -0.25) is 0 Å². The Morgan fingerprint density at radius 3 is 2.71 bits per heavy atom. The number of amides is 2. The molecule has 0 aliphatic carbocycles. The highest BCUT2D eigenvalue weighted by atomic mass is 79.9. The molecule has 0 spiro atoms. The molecule has 0 fully saturated rings. The summed E-state index contributed by atoms with van der Waals surface area (Å²) in [6, 6.07) is 10.5. The van der Waals surface area contributed by atoms with Crippen LogP contribution in [0.5, 0.6) is 0 Å². The molecule has 1 atom stereocenters. The van der Waals surface area contributed by atoms with Gasteiger partial charge in [-0.15, -0.1) is 0 Å². The van der Waals surface area contributed by atoms with Crippen molar-refractivity contribution in [2.45, 2.75) is 13.0 Å². The van der Waals surface area contributed by atoms with Gasteiger partial charge in [0.1, 0.15) is 5.82 Å². The van der Waals surface area contributed by atoms with Gasteiger partial charge in [0.05, 0.1) is 11.8 Å². The molecule has 2 aromatic rings. The maximum atomic E-state index is 13.5. The molecule has 0 radical (unpaired) electrons. The molecule has 4 nitrogen and oxygen atoms in total. The Morgan fingerprint density at radius 1 is 1.24 bits per heavy atom. The van der Waals surface area contributed by atoms with Gasteiger partial charge in [0.15, 0.2) is 0 Å². The van der Waals surface area contributed by atoms with Crippen molar-refractivity contribution in [3.8, 4) is 0 Å². The summed E-state index contributed by atoms with van der Waals surface area (Å²) >= 11 is 3.21. The lowest BCUT2D eigenvalue weighted by Crippen LogP contribution is -2.20. The molecule has 0 heterocycles. The second kappa shape index (κ2) is 6.69. The van der Waals surface area contributed by atoms with E-state index in [1.165, 1.54) is 12.1 Å². The van der Waals surface area contributed by atoms with Gasteiger partial charge in [-0.05, 0) is 42.8 Å². The Labute approximate surface area is 130 Å². The first-order valence-corrected chi connectivity index (χ1v) is 7.06. The molecule has 6 heteroatoms. The summed E-state index contributed by atoms with van der Waals surface area (Å²) in [6.45, 7) is 1.63. The zero-order valence-corrected chi connectivity index (χ0v) is 12.8. The van der Waals surface area contributed by atoms with E-state index in [2.05, 4.69) is 26.6 Å². The molecule has 0 aliphatic heterocycles. The average Bonchev–Trinajstić information content (AvgIpc) is 2.43. The van der Waals surface area contributed by atoms with Crippen LogP contribution in [-0.2, 0) is 0 Å². The summed E-state index contributed by atoms with van der Waals surface area (Å²) in [5, 5.41) is 14.5. The van der Waals surface area contributed by atoms with Crippen molar-refractivity contribution in [1.29, 1.82) is 0 Å². The minimum atomic E-state index is -0.627. The van der Waals surface area contributed by atoms with Gasteiger partial charge < -0.3 is 15.7 Å². The number of urea groups is 1. The van der Waals surface area contributed by atoms with Crippen LogP contribution < -0.4 is 10.6 Å². The number of nitrogens with one attached hydrogen (secondary N) is 2. The first kappa shape index (κ1) is 15.5. The number of hydrogen-bond acceptors (Lipinski definition) is 2. The largest absolute Gasteiger partial charge is 0.389 e. The number of benzene rings is 2. The lowest BCUT2D eigenvalue weighted by molar-refractivity contribution is 0.199. The molecule has 2 aromatic carbocycles. The molecule has 0 saturated heterocycles. The SMILES string of the molecule is CC(O)c1cccc(NC(=O)Nc2cc(Br)ccc2F)c1. The van der Waals surface area contributed by atoms with E-state index in [0.717, 1.165) is 0 Å². The fraction of sp³-hybridized carbons (Fsp3) is 0.133. The van der Waals surface area contributed by atoms with Crippen LogP contribution in [0, 0.1) is 5.82 Å².